The summed E-state index contributed by atoms with van der Waals surface area (Å²) in [6, 6.07) is 6.88. The van der Waals surface area contributed by atoms with Gasteiger partial charge in [-0.3, -0.25) is 0 Å². The van der Waals surface area contributed by atoms with Gasteiger partial charge in [-0.2, -0.15) is 0 Å². The summed E-state index contributed by atoms with van der Waals surface area (Å²) in [4.78, 5) is 0. The molecule has 1 aliphatic heterocycles. The maximum absolute atomic E-state index is 5.93. The predicted molar refractivity (Wildman–Crippen MR) is 74.1 cm³/mol. The standard InChI is InChI=1S/C15H22N2O/c16-13-3-1-11(2-4-13)10-17-14-5-6-15-12(9-14)7-8-18-15/h5-6,9,11,13,17H,1-4,7-8,10,16H2. The van der Waals surface area contributed by atoms with E-state index >= 15 is 0 Å². The number of ether oxygens (including phenoxy) is 1. The molecule has 2 aliphatic rings. The summed E-state index contributed by atoms with van der Waals surface area (Å²) in [5.41, 5.74) is 8.50. The Morgan fingerprint density at radius 2 is 2.06 bits per heavy atom. The molecule has 0 saturated heterocycles. The molecule has 0 spiro atoms. The lowest BCUT2D eigenvalue weighted by Crippen LogP contribution is -2.29. The number of hydrogen-bond donors (Lipinski definition) is 2. The van der Waals surface area contributed by atoms with E-state index in [0.29, 0.717) is 6.04 Å². The molecule has 1 fully saturated rings. The van der Waals surface area contributed by atoms with E-state index in [4.69, 9.17) is 10.5 Å². The largest absolute Gasteiger partial charge is 0.493 e. The first-order valence-electron chi connectivity index (χ1n) is 7.06. The summed E-state index contributed by atoms with van der Waals surface area (Å²) in [5, 5.41) is 3.56. The molecule has 18 heavy (non-hydrogen) atoms. The van der Waals surface area contributed by atoms with E-state index < -0.39 is 0 Å². The van der Waals surface area contributed by atoms with Crippen molar-refractivity contribution in [3.63, 3.8) is 0 Å². The lowest BCUT2D eigenvalue weighted by Gasteiger charge is -2.26. The van der Waals surface area contributed by atoms with Crippen molar-refractivity contribution in [2.24, 2.45) is 11.7 Å². The summed E-state index contributed by atoms with van der Waals surface area (Å²) < 4.78 is 5.52. The molecule has 3 heteroatoms. The van der Waals surface area contributed by atoms with Gasteiger partial charge in [-0.15, -0.1) is 0 Å². The zero-order chi connectivity index (χ0) is 12.4. The van der Waals surface area contributed by atoms with Crippen molar-refractivity contribution in [3.8, 4) is 5.75 Å². The summed E-state index contributed by atoms with van der Waals surface area (Å²) in [6.07, 6.45) is 5.95. The molecule has 0 aromatic heterocycles. The lowest BCUT2D eigenvalue weighted by atomic mass is 9.86. The highest BCUT2D eigenvalue weighted by Crippen LogP contribution is 2.29. The molecule has 1 heterocycles. The zero-order valence-electron chi connectivity index (χ0n) is 10.8. The fourth-order valence-corrected chi connectivity index (χ4v) is 2.95. The normalized spacial score (nSPS) is 26.5. The van der Waals surface area contributed by atoms with E-state index in [0.717, 1.165) is 31.2 Å². The summed E-state index contributed by atoms with van der Waals surface area (Å²) in [5.74, 6) is 1.85. The molecule has 0 unspecified atom stereocenters. The molecule has 0 amide bonds. The second-order valence-corrected chi connectivity index (χ2v) is 5.58. The highest BCUT2D eigenvalue weighted by molar-refractivity contribution is 5.52. The van der Waals surface area contributed by atoms with Gasteiger partial charge in [0.15, 0.2) is 0 Å². The van der Waals surface area contributed by atoms with Crippen LogP contribution in [0.5, 0.6) is 5.75 Å². The van der Waals surface area contributed by atoms with Gasteiger partial charge < -0.3 is 15.8 Å². The fraction of sp³-hybridized carbons (Fsp3) is 0.600. The van der Waals surface area contributed by atoms with Crippen molar-refractivity contribution in [1.29, 1.82) is 0 Å². The predicted octanol–water partition coefficient (Wildman–Crippen LogP) is 2.55. The first kappa shape index (κ1) is 11.8. The molecule has 0 atom stereocenters. The van der Waals surface area contributed by atoms with E-state index in [9.17, 15) is 0 Å². The van der Waals surface area contributed by atoms with Crippen molar-refractivity contribution in [2.45, 2.75) is 38.1 Å². The Balaban J connectivity index is 1.54. The first-order valence-corrected chi connectivity index (χ1v) is 7.06. The number of rotatable bonds is 3. The first-order chi connectivity index (χ1) is 8.81. The second kappa shape index (κ2) is 5.19. The molecular weight excluding hydrogens is 224 g/mol. The van der Waals surface area contributed by atoms with Crippen LogP contribution in [0.3, 0.4) is 0 Å². The van der Waals surface area contributed by atoms with Crippen molar-refractivity contribution >= 4 is 5.69 Å². The van der Waals surface area contributed by atoms with Crippen LogP contribution in [0.15, 0.2) is 18.2 Å². The Morgan fingerprint density at radius 3 is 2.89 bits per heavy atom. The SMILES string of the molecule is NC1CCC(CNc2ccc3c(c2)CCO3)CC1. The third kappa shape index (κ3) is 2.61. The summed E-state index contributed by atoms with van der Waals surface area (Å²) in [7, 11) is 0. The van der Waals surface area contributed by atoms with E-state index in [-0.39, 0.29) is 0 Å². The Bertz CT molecular complexity index is 411. The molecule has 0 radical (unpaired) electrons. The monoisotopic (exact) mass is 246 g/mol. The number of benzene rings is 1. The number of anilines is 1. The van der Waals surface area contributed by atoms with Gasteiger partial charge in [-0.25, -0.2) is 0 Å². The van der Waals surface area contributed by atoms with Crippen LogP contribution in [-0.4, -0.2) is 19.2 Å². The Hall–Kier alpha value is -1.22. The van der Waals surface area contributed by atoms with Crippen LogP contribution in [-0.2, 0) is 6.42 Å². The van der Waals surface area contributed by atoms with Crippen LogP contribution in [0.4, 0.5) is 5.69 Å². The second-order valence-electron chi connectivity index (χ2n) is 5.58. The maximum atomic E-state index is 5.93. The fourth-order valence-electron chi connectivity index (χ4n) is 2.95. The minimum Gasteiger partial charge on any atom is -0.493 e. The third-order valence-electron chi connectivity index (χ3n) is 4.18. The van der Waals surface area contributed by atoms with Gasteiger partial charge >= 0.3 is 0 Å². The van der Waals surface area contributed by atoms with Crippen LogP contribution >= 0.6 is 0 Å². The van der Waals surface area contributed by atoms with Crippen LogP contribution in [0.1, 0.15) is 31.2 Å². The van der Waals surface area contributed by atoms with Gasteiger partial charge in [0.1, 0.15) is 5.75 Å². The van der Waals surface area contributed by atoms with Crippen LogP contribution < -0.4 is 15.8 Å². The van der Waals surface area contributed by atoms with E-state index in [1.165, 1.54) is 36.9 Å². The summed E-state index contributed by atoms with van der Waals surface area (Å²) >= 11 is 0. The molecule has 98 valence electrons. The zero-order valence-corrected chi connectivity index (χ0v) is 10.8. The van der Waals surface area contributed by atoms with Crippen LogP contribution in [0.25, 0.3) is 0 Å². The van der Waals surface area contributed by atoms with Gasteiger partial charge in [0.25, 0.3) is 0 Å². The topological polar surface area (TPSA) is 47.3 Å². The van der Waals surface area contributed by atoms with E-state index in [1.54, 1.807) is 0 Å². The number of nitrogens with two attached hydrogens (primary N) is 1. The molecule has 1 saturated carbocycles. The van der Waals surface area contributed by atoms with E-state index in [2.05, 4.69) is 23.5 Å². The molecule has 1 aromatic rings. The number of hydrogen-bond acceptors (Lipinski definition) is 3. The van der Waals surface area contributed by atoms with Crippen molar-refractivity contribution in [2.75, 3.05) is 18.5 Å². The molecular formula is C15H22N2O. The highest BCUT2D eigenvalue weighted by Gasteiger charge is 2.18. The average molecular weight is 246 g/mol. The summed E-state index contributed by atoms with van der Waals surface area (Å²) in [6.45, 7) is 1.91. The van der Waals surface area contributed by atoms with Gasteiger partial charge in [0, 0.05) is 24.7 Å². The lowest BCUT2D eigenvalue weighted by molar-refractivity contribution is 0.339. The molecule has 3 rings (SSSR count). The average Bonchev–Trinajstić information content (AvgIpc) is 2.85. The Kier molecular flexibility index (Phi) is 3.41. The molecule has 1 aliphatic carbocycles. The highest BCUT2D eigenvalue weighted by atomic mass is 16.5. The van der Waals surface area contributed by atoms with E-state index in [1.807, 2.05) is 0 Å². The molecule has 3 nitrogen and oxygen atoms in total. The van der Waals surface area contributed by atoms with Crippen molar-refractivity contribution in [1.82, 2.24) is 0 Å². The van der Waals surface area contributed by atoms with Crippen LogP contribution in [0.2, 0.25) is 0 Å². The van der Waals surface area contributed by atoms with Gasteiger partial charge in [-0.05, 0) is 55.4 Å². The minimum atomic E-state index is 0.443. The third-order valence-corrected chi connectivity index (χ3v) is 4.18. The Labute approximate surface area is 109 Å². The minimum absolute atomic E-state index is 0.443. The van der Waals surface area contributed by atoms with Crippen molar-refractivity contribution in [3.05, 3.63) is 23.8 Å². The molecule has 1 aromatic carbocycles. The smallest absolute Gasteiger partial charge is 0.122 e. The quantitative estimate of drug-likeness (QED) is 0.861. The number of nitrogens with one attached hydrogen (secondary N) is 1. The van der Waals surface area contributed by atoms with Crippen LogP contribution in [0, 0.1) is 5.92 Å². The molecule has 3 N–H and O–H groups in total. The molecule has 0 bridgehead atoms. The maximum Gasteiger partial charge on any atom is 0.122 e. The number of fused-ring (bicyclic) bond motifs is 1. The van der Waals surface area contributed by atoms with Crippen molar-refractivity contribution < 1.29 is 4.74 Å². The van der Waals surface area contributed by atoms with Gasteiger partial charge in [-0.1, -0.05) is 0 Å². The van der Waals surface area contributed by atoms with Gasteiger partial charge in [0.05, 0.1) is 6.61 Å². The van der Waals surface area contributed by atoms with Gasteiger partial charge in [0.2, 0.25) is 0 Å². The Morgan fingerprint density at radius 1 is 1.22 bits per heavy atom.